The zero-order chi connectivity index (χ0) is 24.9. The number of aromatic amines is 1. The van der Waals surface area contributed by atoms with Gasteiger partial charge < -0.3 is 20.4 Å². The molecule has 1 aliphatic carbocycles. The summed E-state index contributed by atoms with van der Waals surface area (Å²) in [5.41, 5.74) is 4.93. The van der Waals surface area contributed by atoms with E-state index in [4.69, 9.17) is 4.74 Å². The van der Waals surface area contributed by atoms with Crippen molar-refractivity contribution in [3.63, 3.8) is 0 Å². The highest BCUT2D eigenvalue weighted by Gasteiger charge is 2.32. The number of rotatable bonds is 9. The lowest BCUT2D eigenvalue weighted by molar-refractivity contribution is -0.105. The molecule has 0 saturated carbocycles. The van der Waals surface area contributed by atoms with Gasteiger partial charge in [0, 0.05) is 40.2 Å². The molecule has 0 radical (unpaired) electrons. The van der Waals surface area contributed by atoms with Crippen LogP contribution < -0.4 is 15.4 Å². The van der Waals surface area contributed by atoms with Crippen molar-refractivity contribution in [1.29, 1.82) is 0 Å². The third-order valence-corrected chi connectivity index (χ3v) is 7.41. The van der Waals surface area contributed by atoms with Crippen molar-refractivity contribution in [1.82, 2.24) is 9.97 Å². The van der Waals surface area contributed by atoms with Gasteiger partial charge in [-0.15, -0.1) is 11.8 Å². The van der Waals surface area contributed by atoms with Crippen molar-refractivity contribution < 1.29 is 14.3 Å². The number of ether oxygens (including phenoxy) is 1. The minimum Gasteiger partial charge on any atom is -0.497 e. The molecular weight excluding hydrogens is 472 g/mol. The molecule has 0 spiro atoms. The number of pyridine rings is 1. The number of nitrogens with zero attached hydrogens (tertiary/aromatic N) is 1. The molecule has 1 unspecified atom stereocenters. The molecule has 2 heterocycles. The molecular formula is C28H26N4O3S. The second-order valence-electron chi connectivity index (χ2n) is 8.60. The largest absolute Gasteiger partial charge is 0.497 e. The molecule has 4 aromatic rings. The van der Waals surface area contributed by atoms with Crippen LogP contribution >= 0.6 is 11.8 Å². The number of nitrogens with one attached hydrogen (secondary N) is 3. The summed E-state index contributed by atoms with van der Waals surface area (Å²) in [5.74, 6) is 2.46. The minimum absolute atomic E-state index is 0.123. The number of aromatic nitrogens is 2. The first-order chi connectivity index (χ1) is 17.6. The van der Waals surface area contributed by atoms with Crippen LogP contribution in [0.1, 0.15) is 22.5 Å². The average molecular weight is 499 g/mol. The molecule has 36 heavy (non-hydrogen) atoms. The summed E-state index contributed by atoms with van der Waals surface area (Å²) in [6.07, 6.45) is 3.51. The number of hydrogen-bond acceptors (Lipinski definition) is 6. The summed E-state index contributed by atoms with van der Waals surface area (Å²) in [6.45, 7) is 0. The third-order valence-electron chi connectivity index (χ3n) is 6.17. The van der Waals surface area contributed by atoms with Crippen LogP contribution in [0, 0.1) is 5.92 Å². The van der Waals surface area contributed by atoms with E-state index in [2.05, 4.69) is 20.6 Å². The van der Waals surface area contributed by atoms with Gasteiger partial charge in [0.1, 0.15) is 11.6 Å². The number of ketones is 1. The first-order valence-corrected chi connectivity index (χ1v) is 12.7. The zero-order valence-corrected chi connectivity index (χ0v) is 20.6. The predicted molar refractivity (Wildman–Crippen MR) is 143 cm³/mol. The number of anilines is 3. The van der Waals surface area contributed by atoms with E-state index in [1.165, 1.54) is 0 Å². The average Bonchev–Trinajstić information content (AvgIpc) is 3.27. The van der Waals surface area contributed by atoms with Crippen molar-refractivity contribution in [3.8, 4) is 17.0 Å². The highest BCUT2D eigenvalue weighted by Crippen LogP contribution is 2.41. The monoisotopic (exact) mass is 498 g/mol. The second-order valence-corrected chi connectivity index (χ2v) is 9.69. The molecule has 1 aliphatic rings. The van der Waals surface area contributed by atoms with Crippen molar-refractivity contribution in [2.24, 2.45) is 5.92 Å². The molecule has 0 fully saturated rings. The lowest BCUT2D eigenvalue weighted by Crippen LogP contribution is -2.21. The Labute approximate surface area is 213 Å². The number of fused-ring (bicyclic) bond motifs is 1. The molecule has 2 aromatic heterocycles. The summed E-state index contributed by atoms with van der Waals surface area (Å²) in [6, 6.07) is 21.4. The fourth-order valence-electron chi connectivity index (χ4n) is 4.47. The zero-order valence-electron chi connectivity index (χ0n) is 19.8. The van der Waals surface area contributed by atoms with Gasteiger partial charge in [0.25, 0.3) is 0 Å². The Morgan fingerprint density at radius 2 is 1.92 bits per heavy atom. The number of thioether (sulfide) groups is 1. The van der Waals surface area contributed by atoms with Crippen LogP contribution in [0.2, 0.25) is 0 Å². The Hall–Kier alpha value is -4.04. The number of H-pyrrole nitrogens is 1. The van der Waals surface area contributed by atoms with Crippen LogP contribution in [0.5, 0.6) is 5.75 Å². The second kappa shape index (κ2) is 10.7. The lowest BCUT2D eigenvalue weighted by Gasteiger charge is -2.22. The van der Waals surface area contributed by atoms with Crippen LogP contribution in [-0.2, 0) is 11.2 Å². The summed E-state index contributed by atoms with van der Waals surface area (Å²) >= 11 is 1.75. The van der Waals surface area contributed by atoms with E-state index in [1.807, 2.05) is 60.7 Å². The molecule has 1 atom stereocenters. The van der Waals surface area contributed by atoms with E-state index >= 15 is 0 Å². The number of carbonyl (C=O) groups excluding carboxylic acids is 2. The number of para-hydroxylation sites is 1. The van der Waals surface area contributed by atoms with Gasteiger partial charge >= 0.3 is 0 Å². The van der Waals surface area contributed by atoms with E-state index < -0.39 is 0 Å². The fourth-order valence-corrected chi connectivity index (χ4v) is 5.47. The van der Waals surface area contributed by atoms with Crippen LogP contribution in [0.3, 0.4) is 0 Å². The lowest BCUT2D eigenvalue weighted by atomic mass is 9.87. The predicted octanol–water partition coefficient (Wildman–Crippen LogP) is 5.93. The van der Waals surface area contributed by atoms with Crippen LogP contribution in [0.4, 0.5) is 17.2 Å². The maximum absolute atomic E-state index is 13.5. The van der Waals surface area contributed by atoms with Crippen LogP contribution in [0.15, 0.2) is 77.8 Å². The van der Waals surface area contributed by atoms with Gasteiger partial charge in [-0.2, -0.15) is 0 Å². The Bertz CT molecular complexity index is 1370. The molecule has 5 rings (SSSR count). The van der Waals surface area contributed by atoms with Crippen molar-refractivity contribution >= 4 is 41.1 Å². The fraction of sp³-hybridized carbons (Fsp3) is 0.179. The van der Waals surface area contributed by atoms with Gasteiger partial charge in [0.2, 0.25) is 6.41 Å². The maximum atomic E-state index is 13.5. The van der Waals surface area contributed by atoms with Crippen LogP contribution in [0.25, 0.3) is 11.3 Å². The Kier molecular flexibility index (Phi) is 7.04. The Balaban J connectivity index is 1.45. The smallest absolute Gasteiger partial charge is 0.212 e. The Morgan fingerprint density at radius 3 is 2.67 bits per heavy atom. The summed E-state index contributed by atoms with van der Waals surface area (Å²) < 4.78 is 5.24. The van der Waals surface area contributed by atoms with E-state index in [-0.39, 0.29) is 11.7 Å². The first-order valence-electron chi connectivity index (χ1n) is 11.7. The molecule has 0 aliphatic heterocycles. The number of carbonyl (C=O) groups is 2. The van der Waals surface area contributed by atoms with E-state index in [1.54, 1.807) is 31.1 Å². The van der Waals surface area contributed by atoms with Crippen molar-refractivity contribution in [2.45, 2.75) is 17.7 Å². The molecule has 1 amide bonds. The van der Waals surface area contributed by atoms with Gasteiger partial charge in [0.05, 0.1) is 24.1 Å². The standard InChI is InChI=1S/C28H26N4O3S/c1-35-21-7-9-22(10-8-21)36-16-18-13-23-26(24(34)14-18)28(31-20-5-3-2-4-6-20)27(32-23)19-11-12-29-25(15-19)30-17-33/h2-12,15,17-18,31-32H,13-14,16H2,1H3,(H,29,30,33). The summed E-state index contributed by atoms with van der Waals surface area (Å²) in [5, 5.41) is 6.07. The number of hydrogen-bond donors (Lipinski definition) is 3. The highest BCUT2D eigenvalue weighted by molar-refractivity contribution is 7.99. The normalized spacial score (nSPS) is 14.7. The van der Waals surface area contributed by atoms with Crippen LogP contribution in [-0.4, -0.2) is 35.0 Å². The Morgan fingerprint density at radius 1 is 1.11 bits per heavy atom. The summed E-state index contributed by atoms with van der Waals surface area (Å²) in [7, 11) is 1.66. The van der Waals surface area contributed by atoms with E-state index in [0.717, 1.165) is 51.1 Å². The number of amides is 1. The van der Waals surface area contributed by atoms with Crippen molar-refractivity contribution in [3.05, 3.63) is 84.2 Å². The third kappa shape index (κ3) is 5.13. The van der Waals surface area contributed by atoms with Gasteiger partial charge in [0.15, 0.2) is 5.78 Å². The molecule has 0 bridgehead atoms. The van der Waals surface area contributed by atoms with Gasteiger partial charge in [-0.3, -0.25) is 9.59 Å². The molecule has 7 nitrogen and oxygen atoms in total. The molecule has 8 heteroatoms. The van der Waals surface area contributed by atoms with E-state index in [0.29, 0.717) is 24.2 Å². The molecule has 2 aromatic carbocycles. The molecule has 182 valence electrons. The first kappa shape index (κ1) is 23.7. The number of benzene rings is 2. The number of methoxy groups -OCH3 is 1. The number of Topliss-reactive ketones (excluding diaryl/α,β-unsaturated/α-hetero) is 1. The minimum atomic E-state index is 0.123. The SMILES string of the molecule is COc1ccc(SCC2CC(=O)c3c([nH]c(-c4ccnc(NC=O)c4)c3Nc3ccccc3)C2)cc1. The maximum Gasteiger partial charge on any atom is 0.212 e. The van der Waals surface area contributed by atoms with Gasteiger partial charge in [-0.25, -0.2) is 4.98 Å². The quantitative estimate of drug-likeness (QED) is 0.195. The summed E-state index contributed by atoms with van der Waals surface area (Å²) in [4.78, 5) is 33.3. The van der Waals surface area contributed by atoms with Crippen molar-refractivity contribution in [2.75, 3.05) is 23.5 Å². The topological polar surface area (TPSA) is 96.1 Å². The molecule has 0 saturated heterocycles. The van der Waals surface area contributed by atoms with Gasteiger partial charge in [-0.05, 0) is 60.9 Å². The van der Waals surface area contributed by atoms with E-state index in [9.17, 15) is 9.59 Å². The van der Waals surface area contributed by atoms with Gasteiger partial charge in [-0.1, -0.05) is 18.2 Å². The molecule has 3 N–H and O–H groups in total. The highest BCUT2D eigenvalue weighted by atomic mass is 32.2.